The highest BCUT2D eigenvalue weighted by Crippen LogP contribution is 2.61. The van der Waals surface area contributed by atoms with Crippen molar-refractivity contribution in [2.24, 2.45) is 0 Å². The molecule has 2 amide bonds. The van der Waals surface area contributed by atoms with Crippen LogP contribution in [-0.4, -0.2) is 87.0 Å². The van der Waals surface area contributed by atoms with Crippen molar-refractivity contribution in [3.8, 4) is 0 Å². The predicted octanol–water partition coefficient (Wildman–Crippen LogP) is 3.36. The van der Waals surface area contributed by atoms with E-state index in [2.05, 4.69) is 25.9 Å². The van der Waals surface area contributed by atoms with Gasteiger partial charge in [0, 0.05) is 67.1 Å². The minimum Gasteiger partial charge on any atom is -0.361 e. The van der Waals surface area contributed by atoms with Crippen molar-refractivity contribution in [2.75, 3.05) is 28.2 Å². The first-order valence-electron chi connectivity index (χ1n) is 12.6. The number of carbonyl (C=O) groups is 2. The van der Waals surface area contributed by atoms with Gasteiger partial charge in [-0.1, -0.05) is 40.2 Å². The maximum atomic E-state index is 14.7. The number of guanidine groups is 2. The molecule has 4 heterocycles. The van der Waals surface area contributed by atoms with Crippen LogP contribution in [-0.2, 0) is 21.5 Å². The molecule has 2 fully saturated rings. The molecular formula is C28H27BrN8O2. The highest BCUT2D eigenvalue weighted by atomic mass is 79.9. The predicted molar refractivity (Wildman–Crippen MR) is 152 cm³/mol. The average Bonchev–Trinajstić information content (AvgIpc) is 3.60. The number of benzene rings is 2. The molecule has 1 unspecified atom stereocenters. The summed E-state index contributed by atoms with van der Waals surface area (Å²) in [5, 5.41) is 19.6. The SMILES string of the molecule is CN1C(=N)N(C)[C@@]2(C1=O)c1[nH]c3ccccc3c1C[C@@]1(C(=O)N(C)C(=N)N1C)C2c1c[nH]c2cc(Br)ccc12. The van der Waals surface area contributed by atoms with Crippen molar-refractivity contribution in [1.29, 1.82) is 10.8 Å². The number of hydrogen-bond acceptors (Lipinski definition) is 4. The maximum Gasteiger partial charge on any atom is 0.261 e. The van der Waals surface area contributed by atoms with Crippen molar-refractivity contribution in [1.82, 2.24) is 29.6 Å². The molecule has 2 aliphatic heterocycles. The topological polar surface area (TPSA) is 126 Å². The lowest BCUT2D eigenvalue weighted by atomic mass is 9.58. The molecule has 7 rings (SSSR count). The van der Waals surface area contributed by atoms with Crippen LogP contribution < -0.4 is 0 Å². The van der Waals surface area contributed by atoms with Crippen LogP contribution in [0.3, 0.4) is 0 Å². The van der Waals surface area contributed by atoms with Gasteiger partial charge < -0.3 is 19.8 Å². The van der Waals surface area contributed by atoms with Gasteiger partial charge in [-0.05, 0) is 29.3 Å². The molecule has 2 aromatic carbocycles. The van der Waals surface area contributed by atoms with Gasteiger partial charge in [-0.2, -0.15) is 0 Å². The zero-order valence-corrected chi connectivity index (χ0v) is 23.5. The fourth-order valence-electron chi connectivity index (χ4n) is 7.35. The molecule has 0 bridgehead atoms. The molecule has 2 spiro atoms. The third-order valence-corrected chi connectivity index (χ3v) is 9.72. The Kier molecular flexibility index (Phi) is 4.61. The monoisotopic (exact) mass is 586 g/mol. The smallest absolute Gasteiger partial charge is 0.261 e. The number of fused-ring (bicyclic) bond motifs is 5. The number of likely N-dealkylation sites (N-methyl/N-ethyl adjacent to an activating group) is 4. The van der Waals surface area contributed by atoms with Crippen molar-refractivity contribution in [2.45, 2.75) is 23.4 Å². The number of rotatable bonds is 1. The van der Waals surface area contributed by atoms with Crippen LogP contribution in [0.1, 0.15) is 22.7 Å². The second-order valence-corrected chi connectivity index (χ2v) is 11.7. The van der Waals surface area contributed by atoms with Gasteiger partial charge in [0.05, 0.1) is 11.6 Å². The normalized spacial score (nSPS) is 26.9. The van der Waals surface area contributed by atoms with Gasteiger partial charge in [0.1, 0.15) is 5.54 Å². The molecule has 0 radical (unpaired) electrons. The number of halogens is 1. The van der Waals surface area contributed by atoms with E-state index in [-0.39, 0.29) is 23.7 Å². The van der Waals surface area contributed by atoms with Gasteiger partial charge in [-0.3, -0.25) is 30.2 Å². The lowest BCUT2D eigenvalue weighted by Gasteiger charge is -2.53. The number of carbonyl (C=O) groups excluding carboxylic acids is 2. The fourth-order valence-corrected chi connectivity index (χ4v) is 7.71. The van der Waals surface area contributed by atoms with Crippen LogP contribution in [0.4, 0.5) is 0 Å². The Morgan fingerprint density at radius 3 is 2.26 bits per heavy atom. The summed E-state index contributed by atoms with van der Waals surface area (Å²) in [6.07, 6.45) is 2.17. The molecule has 3 atom stereocenters. The van der Waals surface area contributed by atoms with Gasteiger partial charge >= 0.3 is 0 Å². The van der Waals surface area contributed by atoms with E-state index < -0.39 is 17.0 Å². The maximum absolute atomic E-state index is 14.7. The summed E-state index contributed by atoms with van der Waals surface area (Å²) in [6, 6.07) is 13.7. The second-order valence-electron chi connectivity index (χ2n) is 10.8. The van der Waals surface area contributed by atoms with Gasteiger partial charge in [-0.15, -0.1) is 0 Å². The summed E-state index contributed by atoms with van der Waals surface area (Å²) in [4.78, 5) is 42.3. The van der Waals surface area contributed by atoms with E-state index in [9.17, 15) is 9.59 Å². The van der Waals surface area contributed by atoms with E-state index in [1.807, 2.05) is 48.7 Å². The molecule has 39 heavy (non-hydrogen) atoms. The van der Waals surface area contributed by atoms with Crippen LogP contribution in [0.2, 0.25) is 0 Å². The van der Waals surface area contributed by atoms with Crippen molar-refractivity contribution >= 4 is 61.5 Å². The highest BCUT2D eigenvalue weighted by Gasteiger charge is 2.73. The van der Waals surface area contributed by atoms with Crippen molar-refractivity contribution in [3.05, 3.63) is 70.0 Å². The number of aromatic nitrogens is 2. The molecule has 3 aliphatic rings. The Labute approximate surface area is 232 Å². The molecule has 1 aliphatic carbocycles. The van der Waals surface area contributed by atoms with E-state index in [4.69, 9.17) is 10.8 Å². The highest BCUT2D eigenvalue weighted by molar-refractivity contribution is 9.10. The summed E-state index contributed by atoms with van der Waals surface area (Å²) in [7, 11) is 6.75. The van der Waals surface area contributed by atoms with E-state index >= 15 is 0 Å². The lowest BCUT2D eigenvalue weighted by molar-refractivity contribution is -0.142. The fraction of sp³-hybridized carbons (Fsp3) is 0.286. The molecule has 11 heteroatoms. The first-order chi connectivity index (χ1) is 18.6. The van der Waals surface area contributed by atoms with Crippen molar-refractivity contribution in [3.63, 3.8) is 0 Å². The number of nitrogens with one attached hydrogen (secondary N) is 4. The minimum atomic E-state index is -1.45. The quantitative estimate of drug-likeness (QED) is 0.273. The summed E-state index contributed by atoms with van der Waals surface area (Å²) in [5.41, 5.74) is 1.30. The number of para-hydroxylation sites is 1. The number of nitrogens with zero attached hydrogens (tertiary/aromatic N) is 4. The molecule has 4 N–H and O–H groups in total. The largest absolute Gasteiger partial charge is 0.361 e. The molecular weight excluding hydrogens is 560 g/mol. The van der Waals surface area contributed by atoms with Crippen LogP contribution in [0.5, 0.6) is 0 Å². The van der Waals surface area contributed by atoms with Crippen LogP contribution in [0, 0.1) is 10.8 Å². The molecule has 2 saturated heterocycles. The Morgan fingerprint density at radius 2 is 1.59 bits per heavy atom. The van der Waals surface area contributed by atoms with Gasteiger partial charge in [0.2, 0.25) is 11.9 Å². The standard InChI is InChI=1S/C28H27BrN8O2/c1-34-23(38)27(36(3)25(34)30)12-17-15-7-5-6-8-19(15)33-22(17)28(24(39)35(2)26(31)37(28)4)21(27)18-13-32-20-11-14(29)9-10-16(18)20/h5-11,13,21,30-33H,12H2,1-4H3/t21?,27-,28+/m0/s1. The minimum absolute atomic E-state index is 0.0470. The van der Waals surface area contributed by atoms with Crippen LogP contribution >= 0.6 is 15.9 Å². The summed E-state index contributed by atoms with van der Waals surface area (Å²) in [6.45, 7) is 0. The molecule has 0 saturated carbocycles. The molecule has 2 aromatic heterocycles. The first-order valence-corrected chi connectivity index (χ1v) is 13.4. The van der Waals surface area contributed by atoms with Crippen LogP contribution in [0.25, 0.3) is 21.8 Å². The van der Waals surface area contributed by atoms with Gasteiger partial charge in [0.25, 0.3) is 11.8 Å². The second kappa shape index (κ2) is 7.50. The summed E-state index contributed by atoms with van der Waals surface area (Å²) in [5.74, 6) is -1.19. The zero-order chi connectivity index (χ0) is 27.6. The Bertz CT molecular complexity index is 1790. The number of H-pyrrole nitrogens is 2. The molecule has 10 nitrogen and oxygen atoms in total. The average molecular weight is 587 g/mol. The van der Waals surface area contributed by atoms with Gasteiger partial charge in [-0.25, -0.2) is 0 Å². The van der Waals surface area contributed by atoms with Gasteiger partial charge in [0.15, 0.2) is 5.54 Å². The van der Waals surface area contributed by atoms with Crippen LogP contribution in [0.15, 0.2) is 53.1 Å². The summed E-state index contributed by atoms with van der Waals surface area (Å²) >= 11 is 3.55. The number of hydrogen-bond donors (Lipinski definition) is 4. The number of amides is 2. The third kappa shape index (κ3) is 2.56. The Balaban J connectivity index is 1.68. The zero-order valence-electron chi connectivity index (χ0n) is 21.9. The molecule has 4 aromatic rings. The Hall–Kier alpha value is -4.12. The van der Waals surface area contributed by atoms with Crippen molar-refractivity contribution < 1.29 is 9.59 Å². The van der Waals surface area contributed by atoms with E-state index in [1.54, 1.807) is 38.0 Å². The third-order valence-electron chi connectivity index (χ3n) is 9.23. The van der Waals surface area contributed by atoms with E-state index in [0.29, 0.717) is 12.1 Å². The molecule has 198 valence electrons. The Morgan fingerprint density at radius 1 is 0.897 bits per heavy atom. The lowest BCUT2D eigenvalue weighted by Crippen LogP contribution is -2.67. The first kappa shape index (κ1) is 24.0. The number of aromatic amines is 2. The van der Waals surface area contributed by atoms with E-state index in [1.165, 1.54) is 9.80 Å². The van der Waals surface area contributed by atoms with E-state index in [0.717, 1.165) is 37.4 Å². The summed E-state index contributed by atoms with van der Waals surface area (Å²) < 4.78 is 0.903.